The second kappa shape index (κ2) is 9.30. The summed E-state index contributed by atoms with van der Waals surface area (Å²) in [5.41, 5.74) is 2.44. The van der Waals surface area contributed by atoms with E-state index in [9.17, 15) is 13.8 Å². The van der Waals surface area contributed by atoms with Gasteiger partial charge in [0.05, 0.1) is 21.3 Å². The van der Waals surface area contributed by atoms with Crippen LogP contribution in [0.4, 0.5) is 5.69 Å². The molecule has 148 valence electrons. The molecular formula is C23H21NO4S. The van der Waals surface area contributed by atoms with Gasteiger partial charge in [-0.15, -0.1) is 0 Å². The number of hydrogen-bond donors (Lipinski definition) is 1. The summed E-state index contributed by atoms with van der Waals surface area (Å²) < 4.78 is 17.5. The standard InChI is InChI=1S/C23H21NO4S/c1-3-29(27)21-10-5-4-9-20(21)23(26)28-19-13-11-18(12-14-19)24-22(25)17-8-6-7-16(2)15-17/h4-15H,3H2,1-2H3,(H,24,25)/t29-/m0/s1. The average molecular weight is 407 g/mol. The first-order valence-corrected chi connectivity index (χ1v) is 10.5. The molecule has 0 aliphatic heterocycles. The monoisotopic (exact) mass is 407 g/mol. The van der Waals surface area contributed by atoms with E-state index in [-0.39, 0.29) is 11.5 Å². The van der Waals surface area contributed by atoms with Gasteiger partial charge in [-0.05, 0) is 55.5 Å². The van der Waals surface area contributed by atoms with Crippen LogP contribution in [-0.2, 0) is 10.8 Å². The van der Waals surface area contributed by atoms with Gasteiger partial charge >= 0.3 is 5.97 Å². The fraction of sp³-hybridized carbons (Fsp3) is 0.130. The minimum atomic E-state index is -1.26. The molecule has 0 aromatic heterocycles. The number of carbonyl (C=O) groups is 2. The Bertz CT molecular complexity index is 1060. The lowest BCUT2D eigenvalue weighted by molar-refractivity contribution is 0.0730. The van der Waals surface area contributed by atoms with E-state index in [4.69, 9.17) is 4.74 Å². The van der Waals surface area contributed by atoms with Gasteiger partial charge in [0.15, 0.2) is 0 Å². The van der Waals surface area contributed by atoms with Crippen LogP contribution in [-0.4, -0.2) is 21.8 Å². The van der Waals surface area contributed by atoms with E-state index in [0.29, 0.717) is 27.6 Å². The molecule has 3 aromatic carbocycles. The van der Waals surface area contributed by atoms with Crippen LogP contribution < -0.4 is 10.1 Å². The summed E-state index contributed by atoms with van der Waals surface area (Å²) in [6.45, 7) is 3.72. The fourth-order valence-electron chi connectivity index (χ4n) is 2.75. The molecule has 0 fully saturated rings. The predicted molar refractivity (Wildman–Crippen MR) is 114 cm³/mol. The molecule has 5 nitrogen and oxygen atoms in total. The Morgan fingerprint density at radius 1 is 0.966 bits per heavy atom. The smallest absolute Gasteiger partial charge is 0.344 e. The Morgan fingerprint density at radius 2 is 1.69 bits per heavy atom. The van der Waals surface area contributed by atoms with Crippen LogP contribution >= 0.6 is 0 Å². The van der Waals surface area contributed by atoms with E-state index < -0.39 is 16.8 Å². The summed E-state index contributed by atoms with van der Waals surface area (Å²) in [6.07, 6.45) is 0. The van der Waals surface area contributed by atoms with Gasteiger partial charge in [0.1, 0.15) is 5.75 Å². The van der Waals surface area contributed by atoms with Gasteiger partial charge in [-0.25, -0.2) is 4.79 Å². The lowest BCUT2D eigenvalue weighted by atomic mass is 10.1. The molecule has 0 aliphatic carbocycles. The zero-order valence-corrected chi connectivity index (χ0v) is 17.0. The molecule has 1 N–H and O–H groups in total. The minimum absolute atomic E-state index is 0.214. The van der Waals surface area contributed by atoms with Crippen LogP contribution in [0.15, 0.2) is 77.7 Å². The Morgan fingerprint density at radius 3 is 2.38 bits per heavy atom. The number of nitrogens with one attached hydrogen (secondary N) is 1. The molecule has 0 spiro atoms. The van der Waals surface area contributed by atoms with E-state index in [1.54, 1.807) is 61.5 Å². The van der Waals surface area contributed by atoms with Gasteiger partial charge < -0.3 is 10.1 Å². The van der Waals surface area contributed by atoms with Crippen molar-refractivity contribution < 1.29 is 18.5 Å². The van der Waals surface area contributed by atoms with Crippen molar-refractivity contribution >= 4 is 28.4 Å². The van der Waals surface area contributed by atoms with Crippen LogP contribution in [0.1, 0.15) is 33.2 Å². The molecular weight excluding hydrogens is 386 g/mol. The molecule has 3 aromatic rings. The first kappa shape index (κ1) is 20.5. The Kier molecular flexibility index (Phi) is 6.57. The van der Waals surface area contributed by atoms with E-state index >= 15 is 0 Å². The maximum Gasteiger partial charge on any atom is 0.344 e. The summed E-state index contributed by atoms with van der Waals surface area (Å²) in [6, 6.07) is 20.5. The van der Waals surface area contributed by atoms with Gasteiger partial charge in [-0.2, -0.15) is 0 Å². The number of amides is 1. The normalized spacial score (nSPS) is 11.5. The Balaban J connectivity index is 1.69. The second-order valence-corrected chi connectivity index (χ2v) is 8.08. The van der Waals surface area contributed by atoms with E-state index in [2.05, 4.69) is 5.32 Å². The van der Waals surface area contributed by atoms with Crippen molar-refractivity contribution in [3.8, 4) is 5.75 Å². The van der Waals surface area contributed by atoms with Gasteiger partial charge in [-0.1, -0.05) is 36.8 Å². The highest BCUT2D eigenvalue weighted by Crippen LogP contribution is 2.20. The van der Waals surface area contributed by atoms with Crippen molar-refractivity contribution in [2.24, 2.45) is 0 Å². The fourth-order valence-corrected chi connectivity index (χ4v) is 3.69. The van der Waals surface area contributed by atoms with Crippen LogP contribution in [0.5, 0.6) is 5.75 Å². The van der Waals surface area contributed by atoms with Gasteiger partial charge in [0, 0.05) is 17.0 Å². The molecule has 0 bridgehead atoms. The molecule has 0 aliphatic rings. The van der Waals surface area contributed by atoms with Crippen molar-refractivity contribution in [1.29, 1.82) is 0 Å². The van der Waals surface area contributed by atoms with Crippen molar-refractivity contribution in [2.45, 2.75) is 18.7 Å². The second-order valence-electron chi connectivity index (χ2n) is 6.37. The van der Waals surface area contributed by atoms with E-state index in [1.807, 2.05) is 25.1 Å². The van der Waals surface area contributed by atoms with Gasteiger partial charge in [0.2, 0.25) is 0 Å². The lowest BCUT2D eigenvalue weighted by Crippen LogP contribution is -2.13. The SMILES string of the molecule is CC[S@](=O)c1ccccc1C(=O)Oc1ccc(NC(=O)c2cccc(C)c2)cc1. The zero-order valence-electron chi connectivity index (χ0n) is 16.2. The molecule has 0 unspecified atom stereocenters. The molecule has 6 heteroatoms. The summed E-state index contributed by atoms with van der Waals surface area (Å²) in [5, 5.41) is 2.81. The molecule has 0 radical (unpaired) electrons. The highest BCUT2D eigenvalue weighted by atomic mass is 32.2. The third-order valence-corrected chi connectivity index (χ3v) is 5.59. The molecule has 1 amide bonds. The van der Waals surface area contributed by atoms with Crippen LogP contribution in [0.3, 0.4) is 0 Å². The number of esters is 1. The molecule has 1 atom stereocenters. The molecule has 0 heterocycles. The first-order valence-electron chi connectivity index (χ1n) is 9.15. The third-order valence-electron chi connectivity index (χ3n) is 4.22. The molecule has 0 saturated carbocycles. The Hall–Kier alpha value is -3.25. The maximum atomic E-state index is 12.5. The summed E-state index contributed by atoms with van der Waals surface area (Å²) in [5.74, 6) is -0.0337. The number of benzene rings is 3. The van der Waals surface area contributed by atoms with Crippen LogP contribution in [0.2, 0.25) is 0 Å². The van der Waals surface area contributed by atoms with Crippen molar-refractivity contribution in [3.05, 3.63) is 89.5 Å². The Labute approximate surface area is 172 Å². The number of ether oxygens (including phenoxy) is 1. The quantitative estimate of drug-likeness (QED) is 0.479. The largest absolute Gasteiger partial charge is 0.423 e. The molecule has 29 heavy (non-hydrogen) atoms. The number of anilines is 1. The average Bonchev–Trinajstić information content (AvgIpc) is 2.74. The molecule has 0 saturated heterocycles. The highest BCUT2D eigenvalue weighted by Gasteiger charge is 2.16. The van der Waals surface area contributed by atoms with Crippen molar-refractivity contribution in [1.82, 2.24) is 0 Å². The van der Waals surface area contributed by atoms with Crippen LogP contribution in [0, 0.1) is 6.92 Å². The third kappa shape index (κ3) is 5.18. The predicted octanol–water partition coefficient (Wildman–Crippen LogP) is 4.59. The first-order chi connectivity index (χ1) is 14.0. The summed E-state index contributed by atoms with van der Waals surface area (Å²) >= 11 is 0. The lowest BCUT2D eigenvalue weighted by Gasteiger charge is -2.10. The maximum absolute atomic E-state index is 12.5. The summed E-state index contributed by atoms with van der Waals surface area (Å²) in [4.78, 5) is 25.3. The minimum Gasteiger partial charge on any atom is -0.423 e. The van der Waals surface area contributed by atoms with Crippen LogP contribution in [0.25, 0.3) is 0 Å². The number of rotatable bonds is 6. The zero-order chi connectivity index (χ0) is 20.8. The van der Waals surface area contributed by atoms with E-state index in [1.165, 1.54) is 0 Å². The van der Waals surface area contributed by atoms with Crippen molar-refractivity contribution in [3.63, 3.8) is 0 Å². The molecule has 3 rings (SSSR count). The number of aryl methyl sites for hydroxylation is 1. The van der Waals surface area contributed by atoms with Gasteiger partial charge in [0.25, 0.3) is 5.91 Å². The van der Waals surface area contributed by atoms with Gasteiger partial charge in [-0.3, -0.25) is 9.00 Å². The highest BCUT2D eigenvalue weighted by molar-refractivity contribution is 7.85. The topological polar surface area (TPSA) is 72.5 Å². The number of carbonyl (C=O) groups excluding carboxylic acids is 2. The van der Waals surface area contributed by atoms with Crippen molar-refractivity contribution in [2.75, 3.05) is 11.1 Å². The number of hydrogen-bond acceptors (Lipinski definition) is 4. The summed E-state index contributed by atoms with van der Waals surface area (Å²) in [7, 11) is -1.26. The van der Waals surface area contributed by atoms with E-state index in [0.717, 1.165) is 5.56 Å².